The molecule has 1 N–H and O–H groups in total. The third-order valence-electron chi connectivity index (χ3n) is 3.15. The van der Waals surface area contributed by atoms with Gasteiger partial charge >= 0.3 is 5.97 Å². The van der Waals surface area contributed by atoms with Gasteiger partial charge in [-0.25, -0.2) is 4.79 Å². The Bertz CT molecular complexity index is 655. The first kappa shape index (κ1) is 16.1. The van der Waals surface area contributed by atoms with Crippen molar-refractivity contribution in [3.63, 3.8) is 0 Å². The smallest absolute Gasteiger partial charge is 0.328 e. The Balaban J connectivity index is 2.24. The molecule has 0 spiro atoms. The summed E-state index contributed by atoms with van der Waals surface area (Å²) in [6.45, 7) is 3.68. The molecule has 0 fully saturated rings. The Morgan fingerprint density at radius 3 is 2.50 bits per heavy atom. The Hall–Kier alpha value is -2.28. The van der Waals surface area contributed by atoms with Gasteiger partial charge in [-0.15, -0.1) is 5.10 Å². The maximum atomic E-state index is 12.4. The van der Waals surface area contributed by atoms with Crippen LogP contribution in [0.25, 0.3) is 11.3 Å². The van der Waals surface area contributed by atoms with Crippen molar-refractivity contribution in [2.45, 2.75) is 19.9 Å². The van der Waals surface area contributed by atoms with E-state index in [0.717, 1.165) is 17.1 Å². The van der Waals surface area contributed by atoms with Crippen LogP contribution in [0.5, 0.6) is 0 Å². The molecule has 22 heavy (non-hydrogen) atoms. The maximum Gasteiger partial charge on any atom is 0.328 e. The van der Waals surface area contributed by atoms with E-state index in [1.807, 2.05) is 44.2 Å². The molecule has 1 aromatic carbocycles. The summed E-state index contributed by atoms with van der Waals surface area (Å²) in [5.41, 5.74) is 1.32. The molecule has 0 saturated carbocycles. The molecule has 6 nitrogen and oxygen atoms in total. The van der Waals surface area contributed by atoms with Gasteiger partial charge in [-0.1, -0.05) is 48.7 Å². The number of nitrogens with zero attached hydrogens (tertiary/aromatic N) is 2. The van der Waals surface area contributed by atoms with Gasteiger partial charge in [0.2, 0.25) is 0 Å². The first-order valence-electron chi connectivity index (χ1n) is 6.81. The molecule has 0 bridgehead atoms. The molecule has 0 aliphatic rings. The van der Waals surface area contributed by atoms with Crippen LogP contribution in [0.2, 0.25) is 0 Å². The van der Waals surface area contributed by atoms with Crippen molar-refractivity contribution >= 4 is 23.4 Å². The summed E-state index contributed by atoms with van der Waals surface area (Å²) in [4.78, 5) is 24.6. The Kier molecular flexibility index (Phi) is 5.21. The lowest BCUT2D eigenvalue weighted by atomic mass is 10.0. The Labute approximate surface area is 132 Å². The SMILES string of the molecule is COC(=O)C(NC(=O)c1snnc1-c1ccccc1)C(C)C. The van der Waals surface area contributed by atoms with E-state index in [-0.39, 0.29) is 11.8 Å². The first-order chi connectivity index (χ1) is 10.5. The van der Waals surface area contributed by atoms with Crippen molar-refractivity contribution in [1.29, 1.82) is 0 Å². The fourth-order valence-electron chi connectivity index (χ4n) is 1.96. The number of hydrogen-bond donors (Lipinski definition) is 1. The zero-order valence-electron chi connectivity index (χ0n) is 12.6. The standard InChI is InChI=1S/C15H17N3O3S/c1-9(2)11(15(20)21-3)16-14(19)13-12(17-18-22-13)10-7-5-4-6-8-10/h4-9,11H,1-3H3,(H,16,19). The minimum Gasteiger partial charge on any atom is -0.467 e. The van der Waals surface area contributed by atoms with E-state index in [1.165, 1.54) is 7.11 Å². The first-order valence-corrected chi connectivity index (χ1v) is 7.58. The van der Waals surface area contributed by atoms with Crippen molar-refractivity contribution in [1.82, 2.24) is 14.9 Å². The number of esters is 1. The largest absolute Gasteiger partial charge is 0.467 e. The highest BCUT2D eigenvalue weighted by Crippen LogP contribution is 2.23. The summed E-state index contributed by atoms with van der Waals surface area (Å²) in [7, 11) is 1.30. The number of methoxy groups -OCH3 is 1. The topological polar surface area (TPSA) is 81.2 Å². The van der Waals surface area contributed by atoms with Crippen LogP contribution in [0, 0.1) is 5.92 Å². The van der Waals surface area contributed by atoms with E-state index >= 15 is 0 Å². The molecule has 2 aromatic rings. The fourth-order valence-corrected chi connectivity index (χ4v) is 2.55. The molecule has 7 heteroatoms. The van der Waals surface area contributed by atoms with Crippen LogP contribution in [-0.2, 0) is 9.53 Å². The second-order valence-corrected chi connectivity index (χ2v) is 5.79. The molecule has 116 valence electrons. The Morgan fingerprint density at radius 1 is 1.23 bits per heavy atom. The van der Waals surface area contributed by atoms with Crippen LogP contribution in [-0.4, -0.2) is 34.6 Å². The highest BCUT2D eigenvalue weighted by molar-refractivity contribution is 7.08. The molecule has 1 atom stereocenters. The van der Waals surface area contributed by atoms with Gasteiger partial charge < -0.3 is 10.1 Å². The normalized spacial score (nSPS) is 12.0. The molecule has 1 amide bonds. The molecule has 1 unspecified atom stereocenters. The van der Waals surface area contributed by atoms with E-state index in [1.54, 1.807) is 0 Å². The van der Waals surface area contributed by atoms with Crippen molar-refractivity contribution in [3.05, 3.63) is 35.2 Å². The lowest BCUT2D eigenvalue weighted by Gasteiger charge is -2.19. The van der Waals surface area contributed by atoms with E-state index in [4.69, 9.17) is 4.74 Å². The van der Waals surface area contributed by atoms with Gasteiger partial charge in [0.05, 0.1) is 7.11 Å². The summed E-state index contributed by atoms with van der Waals surface area (Å²) in [5, 5.41) is 6.71. The molecule has 0 aliphatic heterocycles. The van der Waals surface area contributed by atoms with Crippen molar-refractivity contribution in [2.24, 2.45) is 5.92 Å². The average Bonchev–Trinajstić information content (AvgIpc) is 3.02. The molecule has 1 aromatic heterocycles. The third kappa shape index (κ3) is 3.48. The quantitative estimate of drug-likeness (QED) is 0.854. The third-order valence-corrected chi connectivity index (χ3v) is 3.87. The molecular weight excluding hydrogens is 302 g/mol. The molecule has 0 radical (unpaired) electrons. The second kappa shape index (κ2) is 7.13. The molecule has 0 saturated heterocycles. The van der Waals surface area contributed by atoms with Crippen LogP contribution >= 0.6 is 11.5 Å². The van der Waals surface area contributed by atoms with Crippen LogP contribution < -0.4 is 5.32 Å². The maximum absolute atomic E-state index is 12.4. The van der Waals surface area contributed by atoms with Gasteiger partial charge in [0.15, 0.2) is 0 Å². The summed E-state index contributed by atoms with van der Waals surface area (Å²) in [6, 6.07) is 8.61. The zero-order valence-corrected chi connectivity index (χ0v) is 13.4. The number of rotatable bonds is 5. The second-order valence-electron chi connectivity index (χ2n) is 5.04. The van der Waals surface area contributed by atoms with Gasteiger partial charge in [0.1, 0.15) is 16.6 Å². The van der Waals surface area contributed by atoms with Crippen molar-refractivity contribution in [3.8, 4) is 11.3 Å². The molecule has 0 aliphatic carbocycles. The number of carbonyl (C=O) groups excluding carboxylic acids is 2. The Morgan fingerprint density at radius 2 is 1.91 bits per heavy atom. The zero-order chi connectivity index (χ0) is 16.1. The average molecular weight is 319 g/mol. The number of carbonyl (C=O) groups is 2. The van der Waals surface area contributed by atoms with E-state index < -0.39 is 12.0 Å². The fraction of sp³-hybridized carbons (Fsp3) is 0.333. The molecule has 2 rings (SSSR count). The van der Waals surface area contributed by atoms with E-state index in [9.17, 15) is 9.59 Å². The minimum absolute atomic E-state index is 0.0857. The van der Waals surface area contributed by atoms with Crippen LogP contribution in [0.3, 0.4) is 0 Å². The number of aromatic nitrogens is 2. The minimum atomic E-state index is -0.705. The van der Waals surface area contributed by atoms with Gasteiger partial charge in [0, 0.05) is 5.56 Å². The van der Waals surface area contributed by atoms with Crippen LogP contribution in [0.4, 0.5) is 0 Å². The summed E-state index contributed by atoms with van der Waals surface area (Å²) < 4.78 is 8.58. The number of ether oxygens (including phenoxy) is 1. The summed E-state index contributed by atoms with van der Waals surface area (Å²) in [5.74, 6) is -0.933. The number of hydrogen-bond acceptors (Lipinski definition) is 6. The van der Waals surface area contributed by atoms with E-state index in [2.05, 4.69) is 14.9 Å². The predicted octanol–water partition coefficient (Wildman–Crippen LogP) is 2.13. The van der Waals surface area contributed by atoms with Crippen LogP contribution in [0.15, 0.2) is 30.3 Å². The van der Waals surface area contributed by atoms with Gasteiger partial charge in [-0.05, 0) is 17.5 Å². The highest BCUT2D eigenvalue weighted by atomic mass is 32.1. The summed E-state index contributed by atoms with van der Waals surface area (Å²) in [6.07, 6.45) is 0. The van der Waals surface area contributed by atoms with Crippen molar-refractivity contribution < 1.29 is 14.3 Å². The highest BCUT2D eigenvalue weighted by Gasteiger charge is 2.27. The lowest BCUT2D eigenvalue weighted by Crippen LogP contribution is -2.44. The van der Waals surface area contributed by atoms with Crippen LogP contribution in [0.1, 0.15) is 23.5 Å². The van der Waals surface area contributed by atoms with E-state index in [0.29, 0.717) is 10.6 Å². The van der Waals surface area contributed by atoms with Gasteiger partial charge in [-0.2, -0.15) is 0 Å². The lowest BCUT2D eigenvalue weighted by molar-refractivity contribution is -0.144. The number of amides is 1. The molecular formula is C15H17N3O3S. The number of nitrogens with one attached hydrogen (secondary N) is 1. The predicted molar refractivity (Wildman–Crippen MR) is 83.5 cm³/mol. The van der Waals surface area contributed by atoms with Gasteiger partial charge in [-0.3, -0.25) is 4.79 Å². The monoisotopic (exact) mass is 319 g/mol. The molecule has 1 heterocycles. The summed E-state index contributed by atoms with van der Waals surface area (Å²) >= 11 is 1.00. The van der Waals surface area contributed by atoms with Crippen molar-refractivity contribution in [2.75, 3.05) is 7.11 Å². The number of benzene rings is 1. The van der Waals surface area contributed by atoms with Gasteiger partial charge in [0.25, 0.3) is 5.91 Å².